The molecule has 0 aromatic carbocycles. The molecule has 0 spiro atoms. The number of alkyl halides is 2. The molecule has 3 heterocycles. The number of likely N-dealkylation sites (tertiary alicyclic amines) is 1. The van der Waals surface area contributed by atoms with Crippen LogP contribution in [0.1, 0.15) is 30.5 Å². The summed E-state index contributed by atoms with van der Waals surface area (Å²) in [6.45, 7) is 3.59. The molecular formula is C19H21F3N4O. The van der Waals surface area contributed by atoms with Crippen molar-refractivity contribution in [3.8, 4) is 0 Å². The number of nitrogens with zero attached hydrogens (tertiary/aromatic N) is 3. The Morgan fingerprint density at radius 1 is 1.33 bits per heavy atom. The van der Waals surface area contributed by atoms with E-state index in [2.05, 4.69) is 15.3 Å². The Balaban J connectivity index is 1.72. The molecule has 144 valence electrons. The van der Waals surface area contributed by atoms with Crippen molar-refractivity contribution in [2.24, 2.45) is 0 Å². The first-order valence-corrected chi connectivity index (χ1v) is 8.73. The molecule has 1 saturated heterocycles. The average molecular weight is 378 g/mol. The number of carbonyl (C=O) groups is 1. The molecular weight excluding hydrogens is 357 g/mol. The highest BCUT2D eigenvalue weighted by molar-refractivity contribution is 5.93. The maximum atomic E-state index is 14.5. The van der Waals surface area contributed by atoms with Crippen molar-refractivity contribution in [3.63, 3.8) is 0 Å². The Kier molecular flexibility index (Phi) is 5.46. The van der Waals surface area contributed by atoms with Gasteiger partial charge in [0.25, 0.3) is 5.92 Å². The van der Waals surface area contributed by atoms with Crippen molar-refractivity contribution in [2.75, 3.05) is 18.4 Å². The summed E-state index contributed by atoms with van der Waals surface area (Å²) < 4.78 is 42.0. The summed E-state index contributed by atoms with van der Waals surface area (Å²) in [5, 5.41) is 2.59. The molecule has 2 aromatic heterocycles. The molecule has 1 N–H and O–H groups in total. The van der Waals surface area contributed by atoms with Crippen LogP contribution in [0.5, 0.6) is 0 Å². The second-order valence-electron chi connectivity index (χ2n) is 6.82. The first-order chi connectivity index (χ1) is 12.8. The number of aryl methyl sites for hydroxylation is 1. The quantitative estimate of drug-likeness (QED) is 0.886. The Morgan fingerprint density at radius 2 is 2.11 bits per heavy atom. The fraction of sp³-hybridized carbons (Fsp3) is 0.421. The minimum absolute atomic E-state index is 0.0574. The van der Waals surface area contributed by atoms with Crippen molar-refractivity contribution in [1.29, 1.82) is 0 Å². The lowest BCUT2D eigenvalue weighted by Crippen LogP contribution is -2.52. The van der Waals surface area contributed by atoms with Gasteiger partial charge in [0.15, 0.2) is 0 Å². The average Bonchev–Trinajstić information content (AvgIpc) is 2.63. The van der Waals surface area contributed by atoms with Gasteiger partial charge in [0, 0.05) is 31.4 Å². The Bertz CT molecular complexity index is 813. The molecule has 2 aromatic rings. The van der Waals surface area contributed by atoms with Crippen LogP contribution in [-0.2, 0) is 4.79 Å². The van der Waals surface area contributed by atoms with E-state index >= 15 is 0 Å². The predicted octanol–water partition coefficient (Wildman–Crippen LogP) is 3.38. The summed E-state index contributed by atoms with van der Waals surface area (Å²) in [5.74, 6) is -4.51. The van der Waals surface area contributed by atoms with Gasteiger partial charge < -0.3 is 5.32 Å². The minimum Gasteiger partial charge on any atom is -0.309 e. The zero-order chi connectivity index (χ0) is 19.6. The number of halogens is 3. The van der Waals surface area contributed by atoms with Crippen LogP contribution in [-0.4, -0.2) is 45.8 Å². The van der Waals surface area contributed by atoms with E-state index in [0.717, 1.165) is 6.20 Å². The molecule has 8 heteroatoms. The van der Waals surface area contributed by atoms with Crippen LogP contribution in [0.2, 0.25) is 0 Å². The number of hydrogen-bond donors (Lipinski definition) is 1. The van der Waals surface area contributed by atoms with E-state index in [4.69, 9.17) is 0 Å². The highest BCUT2D eigenvalue weighted by Crippen LogP contribution is 2.40. The van der Waals surface area contributed by atoms with Crippen molar-refractivity contribution in [1.82, 2.24) is 14.9 Å². The normalized spacial score (nSPS) is 20.9. The molecule has 0 aliphatic carbocycles. The molecule has 0 saturated carbocycles. The van der Waals surface area contributed by atoms with Gasteiger partial charge in [-0.3, -0.25) is 14.7 Å². The van der Waals surface area contributed by atoms with Crippen molar-refractivity contribution in [2.45, 2.75) is 38.2 Å². The number of carbonyl (C=O) groups excluding carboxylic acids is 1. The maximum absolute atomic E-state index is 14.5. The molecule has 1 fully saturated rings. The zero-order valence-electron chi connectivity index (χ0n) is 15.1. The molecule has 2 atom stereocenters. The van der Waals surface area contributed by atoms with Crippen LogP contribution in [0.25, 0.3) is 0 Å². The highest BCUT2D eigenvalue weighted by atomic mass is 19.3. The van der Waals surface area contributed by atoms with Gasteiger partial charge in [0.1, 0.15) is 11.6 Å². The molecule has 1 aliphatic heterocycles. The second kappa shape index (κ2) is 7.64. The summed E-state index contributed by atoms with van der Waals surface area (Å²) in [7, 11) is 0. The molecule has 3 rings (SSSR count). The smallest absolute Gasteiger partial charge is 0.257 e. The van der Waals surface area contributed by atoms with Gasteiger partial charge in [-0.05, 0) is 43.7 Å². The molecule has 1 unspecified atom stereocenters. The van der Waals surface area contributed by atoms with E-state index in [1.54, 1.807) is 30.9 Å². The standard InChI is InChI=1S/C19H21F3N4O/c1-12-9-14(5-7-23-12)16-11-26(8-6-19(16,21)22)13(2)18(27)25-17-4-3-15(20)10-24-17/h3-5,7,9-10,13,16H,6,8,11H2,1-2H3,(H,24,25,27)/t13-,16?/m0/s1. The number of amides is 1. The van der Waals surface area contributed by atoms with Gasteiger partial charge in [0.05, 0.1) is 18.2 Å². The number of aromatic nitrogens is 2. The SMILES string of the molecule is Cc1cc(C2CN([C@@H](C)C(=O)Nc3ccc(F)cn3)CCC2(F)F)ccn1. The van der Waals surface area contributed by atoms with E-state index in [1.807, 2.05) is 0 Å². The van der Waals surface area contributed by atoms with E-state index in [-0.39, 0.29) is 31.2 Å². The lowest BCUT2D eigenvalue weighted by Gasteiger charge is -2.40. The van der Waals surface area contributed by atoms with Gasteiger partial charge >= 0.3 is 0 Å². The molecule has 1 amide bonds. The lowest BCUT2D eigenvalue weighted by atomic mass is 9.86. The number of hydrogen-bond acceptors (Lipinski definition) is 4. The van der Waals surface area contributed by atoms with Crippen LogP contribution in [0.3, 0.4) is 0 Å². The van der Waals surface area contributed by atoms with Gasteiger partial charge in [-0.15, -0.1) is 0 Å². The first kappa shape index (κ1) is 19.3. The number of rotatable bonds is 4. The van der Waals surface area contributed by atoms with Gasteiger partial charge in [-0.2, -0.15) is 0 Å². The van der Waals surface area contributed by atoms with Crippen LogP contribution in [0, 0.1) is 12.7 Å². The summed E-state index contributed by atoms with van der Waals surface area (Å²) in [4.78, 5) is 22.1. The minimum atomic E-state index is -2.85. The maximum Gasteiger partial charge on any atom is 0.257 e. The zero-order valence-corrected chi connectivity index (χ0v) is 15.1. The first-order valence-electron chi connectivity index (χ1n) is 8.73. The van der Waals surface area contributed by atoms with Crippen LogP contribution in [0.15, 0.2) is 36.7 Å². The third-order valence-corrected chi connectivity index (χ3v) is 4.89. The van der Waals surface area contributed by atoms with Gasteiger partial charge in [-0.1, -0.05) is 0 Å². The molecule has 5 nitrogen and oxygen atoms in total. The topological polar surface area (TPSA) is 58.1 Å². The molecule has 1 aliphatic rings. The van der Waals surface area contributed by atoms with Crippen molar-refractivity contribution in [3.05, 3.63) is 53.7 Å². The fourth-order valence-corrected chi connectivity index (χ4v) is 3.26. The third kappa shape index (κ3) is 4.44. The Morgan fingerprint density at radius 3 is 2.78 bits per heavy atom. The van der Waals surface area contributed by atoms with E-state index < -0.39 is 23.7 Å². The summed E-state index contributed by atoms with van der Waals surface area (Å²) in [5.41, 5.74) is 1.19. The largest absolute Gasteiger partial charge is 0.309 e. The number of piperidine rings is 1. The highest BCUT2D eigenvalue weighted by Gasteiger charge is 2.46. The van der Waals surface area contributed by atoms with Crippen LogP contribution < -0.4 is 5.32 Å². The van der Waals surface area contributed by atoms with Gasteiger partial charge in [0.2, 0.25) is 5.91 Å². The lowest BCUT2D eigenvalue weighted by molar-refractivity contribution is -0.125. The summed E-state index contributed by atoms with van der Waals surface area (Å²) in [6, 6.07) is 5.18. The van der Waals surface area contributed by atoms with Crippen LogP contribution in [0.4, 0.5) is 19.0 Å². The fourth-order valence-electron chi connectivity index (χ4n) is 3.26. The van der Waals surface area contributed by atoms with E-state index in [0.29, 0.717) is 11.3 Å². The van der Waals surface area contributed by atoms with Crippen LogP contribution >= 0.6 is 0 Å². The monoisotopic (exact) mass is 378 g/mol. The summed E-state index contributed by atoms with van der Waals surface area (Å²) in [6.07, 6.45) is 2.20. The number of pyridine rings is 2. The van der Waals surface area contributed by atoms with Crippen molar-refractivity contribution < 1.29 is 18.0 Å². The molecule has 27 heavy (non-hydrogen) atoms. The predicted molar refractivity (Wildman–Crippen MR) is 95.1 cm³/mol. The number of nitrogens with one attached hydrogen (secondary N) is 1. The molecule has 0 bridgehead atoms. The molecule has 0 radical (unpaired) electrons. The van der Waals surface area contributed by atoms with Gasteiger partial charge in [-0.25, -0.2) is 18.2 Å². The number of anilines is 1. The van der Waals surface area contributed by atoms with E-state index in [1.165, 1.54) is 18.3 Å². The second-order valence-corrected chi connectivity index (χ2v) is 6.82. The Labute approximate surface area is 155 Å². The third-order valence-electron chi connectivity index (χ3n) is 4.89. The Hall–Kier alpha value is -2.48. The van der Waals surface area contributed by atoms with E-state index in [9.17, 15) is 18.0 Å². The summed E-state index contributed by atoms with van der Waals surface area (Å²) >= 11 is 0. The van der Waals surface area contributed by atoms with Crippen molar-refractivity contribution >= 4 is 11.7 Å².